The van der Waals surface area contributed by atoms with Gasteiger partial charge in [-0.3, -0.25) is 4.99 Å². The van der Waals surface area contributed by atoms with Gasteiger partial charge >= 0.3 is 0 Å². The fourth-order valence-corrected chi connectivity index (χ4v) is 5.33. The van der Waals surface area contributed by atoms with Gasteiger partial charge in [0, 0.05) is 31.1 Å². The summed E-state index contributed by atoms with van der Waals surface area (Å²) >= 11 is 1.80. The molecule has 1 atom stereocenters. The fraction of sp³-hybridized carbons (Fsp3) is 0.632. The minimum absolute atomic E-state index is 0. The Morgan fingerprint density at radius 2 is 1.86 bits per heavy atom. The maximum Gasteiger partial charge on any atom is 0.215 e. The molecule has 1 saturated heterocycles. The van der Waals surface area contributed by atoms with E-state index in [4.69, 9.17) is 0 Å². The van der Waals surface area contributed by atoms with Crippen LogP contribution in [0.25, 0.3) is 0 Å². The van der Waals surface area contributed by atoms with Crippen molar-refractivity contribution in [3.8, 4) is 0 Å². The van der Waals surface area contributed by atoms with E-state index in [1.165, 1.54) is 11.1 Å². The van der Waals surface area contributed by atoms with E-state index in [1.807, 2.05) is 6.92 Å². The molecule has 0 amide bonds. The van der Waals surface area contributed by atoms with E-state index in [-0.39, 0.29) is 42.3 Å². The monoisotopic (exact) mass is 540 g/mol. The quantitative estimate of drug-likeness (QED) is 0.302. The Kier molecular flexibility index (Phi) is 11.8. The molecule has 0 saturated carbocycles. The number of hydrogen-bond acceptors (Lipinski definition) is 4. The zero-order valence-electron chi connectivity index (χ0n) is 17.0. The maximum absolute atomic E-state index is 12.4. The highest BCUT2D eigenvalue weighted by molar-refractivity contribution is 14.0. The summed E-state index contributed by atoms with van der Waals surface area (Å²) in [6.07, 6.45) is 1.02. The molecule has 2 rings (SSSR count). The molecule has 1 aliphatic rings. The number of aryl methyl sites for hydroxylation is 1. The number of rotatable bonds is 8. The van der Waals surface area contributed by atoms with Crippen LogP contribution in [0.2, 0.25) is 0 Å². The van der Waals surface area contributed by atoms with Crippen LogP contribution in [-0.2, 0) is 16.4 Å². The normalized spacial score (nSPS) is 16.9. The Bertz CT molecular complexity index is 705. The summed E-state index contributed by atoms with van der Waals surface area (Å²) in [5.74, 6) is 2.45. The Morgan fingerprint density at radius 3 is 2.43 bits per heavy atom. The molecule has 1 aromatic rings. The molecule has 28 heavy (non-hydrogen) atoms. The van der Waals surface area contributed by atoms with Crippen LogP contribution < -0.4 is 10.6 Å². The number of thioether (sulfide) groups is 1. The number of halogens is 1. The van der Waals surface area contributed by atoms with Crippen LogP contribution in [0, 0.1) is 0 Å². The highest BCUT2D eigenvalue weighted by Gasteiger charge is 2.23. The van der Waals surface area contributed by atoms with Gasteiger partial charge in [0.2, 0.25) is 10.0 Å². The second-order valence-electron chi connectivity index (χ2n) is 6.55. The minimum Gasteiger partial charge on any atom is -0.357 e. The van der Waals surface area contributed by atoms with Crippen molar-refractivity contribution in [1.29, 1.82) is 0 Å². The SMILES string of the molecule is CCNC(=NCCS(=O)(=O)N1CCSCC1)NC(C)c1ccc(CC)cc1.I. The Labute approximate surface area is 191 Å². The van der Waals surface area contributed by atoms with Crippen molar-refractivity contribution in [2.75, 3.05) is 43.4 Å². The van der Waals surface area contributed by atoms with Crippen LogP contribution >= 0.6 is 35.7 Å². The number of guanidine groups is 1. The third-order valence-corrected chi connectivity index (χ3v) is 7.36. The molecule has 1 heterocycles. The standard InChI is InChI=1S/C19H32N4O2S2.HI/c1-4-17-6-8-18(9-7-17)16(3)22-19(20-5-2)21-10-15-27(24,25)23-11-13-26-14-12-23;/h6-9,16H,4-5,10-15H2,1-3H3,(H2,20,21,22);1H. The van der Waals surface area contributed by atoms with Gasteiger partial charge in [-0.2, -0.15) is 11.8 Å². The van der Waals surface area contributed by atoms with E-state index in [0.717, 1.165) is 24.5 Å². The van der Waals surface area contributed by atoms with Gasteiger partial charge in [0.05, 0.1) is 18.3 Å². The summed E-state index contributed by atoms with van der Waals surface area (Å²) in [6.45, 7) is 8.42. The van der Waals surface area contributed by atoms with Gasteiger partial charge in [0.25, 0.3) is 0 Å². The number of sulfonamides is 1. The van der Waals surface area contributed by atoms with Crippen molar-refractivity contribution in [2.45, 2.75) is 33.2 Å². The summed E-state index contributed by atoms with van der Waals surface area (Å²) in [5.41, 5.74) is 2.49. The van der Waals surface area contributed by atoms with E-state index in [2.05, 4.69) is 53.7 Å². The molecule has 160 valence electrons. The van der Waals surface area contributed by atoms with Crippen molar-refractivity contribution < 1.29 is 8.42 Å². The van der Waals surface area contributed by atoms with Crippen LogP contribution in [0.4, 0.5) is 0 Å². The van der Waals surface area contributed by atoms with E-state index >= 15 is 0 Å². The van der Waals surface area contributed by atoms with Gasteiger partial charge < -0.3 is 10.6 Å². The zero-order valence-corrected chi connectivity index (χ0v) is 20.9. The van der Waals surface area contributed by atoms with Crippen molar-refractivity contribution in [1.82, 2.24) is 14.9 Å². The lowest BCUT2D eigenvalue weighted by molar-refractivity contribution is 0.444. The predicted molar refractivity (Wildman–Crippen MR) is 131 cm³/mol. The molecule has 1 unspecified atom stereocenters. The predicted octanol–water partition coefficient (Wildman–Crippen LogP) is 2.86. The number of nitrogens with one attached hydrogen (secondary N) is 2. The van der Waals surface area contributed by atoms with Crippen molar-refractivity contribution in [2.24, 2.45) is 4.99 Å². The molecule has 1 fully saturated rings. The molecular weight excluding hydrogens is 507 g/mol. The molecular formula is C19H33IN4O2S2. The van der Waals surface area contributed by atoms with E-state index < -0.39 is 10.0 Å². The molecule has 0 radical (unpaired) electrons. The zero-order chi connectivity index (χ0) is 19.7. The molecule has 6 nitrogen and oxygen atoms in total. The van der Waals surface area contributed by atoms with Crippen LogP contribution in [-0.4, -0.2) is 62.1 Å². The van der Waals surface area contributed by atoms with Crippen LogP contribution in [0.15, 0.2) is 29.3 Å². The topological polar surface area (TPSA) is 73.8 Å². The average Bonchev–Trinajstić information content (AvgIpc) is 2.68. The van der Waals surface area contributed by atoms with Gasteiger partial charge in [-0.05, 0) is 31.4 Å². The van der Waals surface area contributed by atoms with Crippen LogP contribution in [0.1, 0.15) is 37.9 Å². The van der Waals surface area contributed by atoms with Crippen molar-refractivity contribution in [3.05, 3.63) is 35.4 Å². The fourth-order valence-electron chi connectivity index (χ4n) is 2.88. The molecule has 0 aromatic heterocycles. The van der Waals surface area contributed by atoms with Gasteiger partial charge in [0.1, 0.15) is 0 Å². The van der Waals surface area contributed by atoms with Crippen molar-refractivity contribution in [3.63, 3.8) is 0 Å². The minimum atomic E-state index is -3.22. The van der Waals surface area contributed by atoms with E-state index in [9.17, 15) is 8.42 Å². The third-order valence-electron chi connectivity index (χ3n) is 4.57. The highest BCUT2D eigenvalue weighted by atomic mass is 127. The van der Waals surface area contributed by atoms with E-state index in [0.29, 0.717) is 19.0 Å². The molecule has 1 aliphatic heterocycles. The first-order valence-corrected chi connectivity index (χ1v) is 12.4. The lowest BCUT2D eigenvalue weighted by Gasteiger charge is -2.25. The second-order valence-corrected chi connectivity index (χ2v) is 9.86. The number of hydrogen-bond donors (Lipinski definition) is 2. The number of nitrogens with zero attached hydrogens (tertiary/aromatic N) is 2. The van der Waals surface area contributed by atoms with Crippen molar-refractivity contribution >= 4 is 51.7 Å². The lowest BCUT2D eigenvalue weighted by Crippen LogP contribution is -2.41. The first kappa shape index (κ1) is 25.5. The largest absolute Gasteiger partial charge is 0.357 e. The van der Waals surface area contributed by atoms with Gasteiger partial charge in [-0.25, -0.2) is 12.7 Å². The molecule has 0 bridgehead atoms. The number of benzene rings is 1. The second kappa shape index (κ2) is 12.9. The lowest BCUT2D eigenvalue weighted by atomic mass is 10.1. The highest BCUT2D eigenvalue weighted by Crippen LogP contribution is 2.14. The molecule has 2 N–H and O–H groups in total. The summed E-state index contributed by atoms with van der Waals surface area (Å²) in [5, 5.41) is 6.56. The van der Waals surface area contributed by atoms with Crippen LogP contribution in [0.5, 0.6) is 0 Å². The number of aliphatic imine (C=N–C) groups is 1. The van der Waals surface area contributed by atoms with Gasteiger partial charge in [0.15, 0.2) is 5.96 Å². The molecule has 0 spiro atoms. The Balaban J connectivity index is 0.00000392. The molecule has 9 heteroatoms. The first-order chi connectivity index (χ1) is 13.0. The molecule has 1 aromatic carbocycles. The first-order valence-electron chi connectivity index (χ1n) is 9.65. The van der Waals surface area contributed by atoms with Gasteiger partial charge in [-0.1, -0.05) is 31.2 Å². The van der Waals surface area contributed by atoms with E-state index in [1.54, 1.807) is 16.1 Å². The molecule has 0 aliphatic carbocycles. The summed E-state index contributed by atoms with van der Waals surface area (Å²) in [4.78, 5) is 4.48. The Hall–Kier alpha value is -0.520. The van der Waals surface area contributed by atoms with Crippen LogP contribution in [0.3, 0.4) is 0 Å². The van der Waals surface area contributed by atoms with Gasteiger partial charge in [-0.15, -0.1) is 24.0 Å². The summed E-state index contributed by atoms with van der Waals surface area (Å²) in [7, 11) is -3.22. The Morgan fingerprint density at radius 1 is 1.21 bits per heavy atom. The average molecular weight is 541 g/mol. The third kappa shape index (κ3) is 8.08. The summed E-state index contributed by atoms with van der Waals surface area (Å²) in [6, 6.07) is 8.62. The summed E-state index contributed by atoms with van der Waals surface area (Å²) < 4.78 is 26.5. The maximum atomic E-state index is 12.4. The smallest absolute Gasteiger partial charge is 0.215 e.